The van der Waals surface area contributed by atoms with Crippen molar-refractivity contribution < 1.29 is 13.2 Å². The highest BCUT2D eigenvalue weighted by molar-refractivity contribution is 7.93. The second-order valence-electron chi connectivity index (χ2n) is 8.06. The minimum atomic E-state index is -3.21. The van der Waals surface area contributed by atoms with Crippen molar-refractivity contribution in [1.82, 2.24) is 4.57 Å². The van der Waals surface area contributed by atoms with E-state index in [9.17, 15) is 13.7 Å². The van der Waals surface area contributed by atoms with Gasteiger partial charge in [-0.15, -0.1) is 0 Å². The first-order chi connectivity index (χ1) is 14.5. The molecule has 0 unspecified atom stereocenters. The Kier molecular flexibility index (Phi) is 4.48. The summed E-state index contributed by atoms with van der Waals surface area (Å²) in [6.45, 7) is 1.38. The fourth-order valence-corrected chi connectivity index (χ4v) is 5.90. The molecule has 6 nitrogen and oxygen atoms in total. The predicted octanol–water partition coefficient (Wildman–Crippen LogP) is 4.14. The minimum absolute atomic E-state index is 0.199. The Morgan fingerprint density at radius 1 is 1.17 bits per heavy atom. The van der Waals surface area contributed by atoms with Gasteiger partial charge in [0, 0.05) is 24.5 Å². The quantitative estimate of drug-likeness (QED) is 0.621. The van der Waals surface area contributed by atoms with E-state index in [0.717, 1.165) is 34.5 Å². The summed E-state index contributed by atoms with van der Waals surface area (Å²) in [6, 6.07) is 15.8. The number of nitriles is 1. The van der Waals surface area contributed by atoms with Crippen LogP contribution in [-0.4, -0.2) is 32.4 Å². The van der Waals surface area contributed by atoms with Gasteiger partial charge in [0.15, 0.2) is 0 Å². The number of aromatic nitrogens is 1. The summed E-state index contributed by atoms with van der Waals surface area (Å²) in [5, 5.41) is 10.9. The minimum Gasteiger partial charge on any atom is -0.497 e. The van der Waals surface area contributed by atoms with Crippen LogP contribution < -0.4 is 9.04 Å². The van der Waals surface area contributed by atoms with Gasteiger partial charge in [-0.3, -0.25) is 4.31 Å². The molecule has 2 fully saturated rings. The summed E-state index contributed by atoms with van der Waals surface area (Å²) in [6.07, 6.45) is 3.06. The molecule has 1 aliphatic carbocycles. The lowest BCUT2D eigenvalue weighted by Crippen LogP contribution is -2.24. The van der Waals surface area contributed by atoms with E-state index in [2.05, 4.69) is 10.6 Å². The third kappa shape index (κ3) is 3.12. The van der Waals surface area contributed by atoms with E-state index in [1.807, 2.05) is 42.5 Å². The Morgan fingerprint density at radius 2 is 1.93 bits per heavy atom. The third-order valence-electron chi connectivity index (χ3n) is 6.05. The maximum atomic E-state index is 12.2. The van der Waals surface area contributed by atoms with Crippen molar-refractivity contribution in [1.29, 1.82) is 5.26 Å². The van der Waals surface area contributed by atoms with Gasteiger partial charge in [-0.05, 0) is 55.0 Å². The molecule has 2 heterocycles. The zero-order chi connectivity index (χ0) is 20.9. The topological polar surface area (TPSA) is 75.3 Å². The van der Waals surface area contributed by atoms with Crippen LogP contribution in [0.3, 0.4) is 0 Å². The third-order valence-corrected chi connectivity index (χ3v) is 7.92. The number of rotatable bonds is 5. The van der Waals surface area contributed by atoms with E-state index in [1.54, 1.807) is 7.11 Å². The van der Waals surface area contributed by atoms with Gasteiger partial charge in [-0.1, -0.05) is 12.1 Å². The van der Waals surface area contributed by atoms with Crippen molar-refractivity contribution >= 4 is 26.6 Å². The monoisotopic (exact) mass is 421 g/mol. The molecule has 1 aliphatic heterocycles. The van der Waals surface area contributed by atoms with Crippen LogP contribution in [0.15, 0.2) is 42.5 Å². The van der Waals surface area contributed by atoms with Crippen molar-refractivity contribution in [3.05, 3.63) is 48.0 Å². The van der Waals surface area contributed by atoms with Gasteiger partial charge >= 0.3 is 0 Å². The SMILES string of the molecule is COc1ccc2c(C#N)c(-c3ccc(N4CCCS4(=O)=O)cc3)n(CC3CC3)c2c1. The molecule has 3 aromatic rings. The summed E-state index contributed by atoms with van der Waals surface area (Å²) < 4.78 is 33.6. The lowest BCUT2D eigenvalue weighted by molar-refractivity contribution is 0.415. The van der Waals surface area contributed by atoms with Crippen LogP contribution in [0.5, 0.6) is 5.75 Å². The standard InChI is InChI=1S/C23H23N3O3S/c1-29-19-9-10-20-21(14-24)23(25(22(20)13-19)15-16-3-4-16)17-5-7-18(8-6-17)26-11-2-12-30(26,27)28/h5-10,13,16H,2-4,11-12,15H2,1H3. The summed E-state index contributed by atoms with van der Waals surface area (Å²) in [4.78, 5) is 0. The molecule has 2 aromatic carbocycles. The van der Waals surface area contributed by atoms with Crippen LogP contribution in [0.25, 0.3) is 22.2 Å². The second kappa shape index (κ2) is 7.06. The van der Waals surface area contributed by atoms with Crippen LogP contribution in [0.1, 0.15) is 24.8 Å². The highest BCUT2D eigenvalue weighted by Crippen LogP contribution is 2.40. The van der Waals surface area contributed by atoms with Crippen LogP contribution in [0.2, 0.25) is 0 Å². The van der Waals surface area contributed by atoms with Gasteiger partial charge in [-0.2, -0.15) is 5.26 Å². The van der Waals surface area contributed by atoms with Gasteiger partial charge in [0.2, 0.25) is 10.0 Å². The van der Waals surface area contributed by atoms with Crippen molar-refractivity contribution in [2.75, 3.05) is 23.7 Å². The van der Waals surface area contributed by atoms with E-state index in [-0.39, 0.29) is 5.75 Å². The highest BCUT2D eigenvalue weighted by Gasteiger charge is 2.29. The lowest BCUT2D eigenvalue weighted by Gasteiger charge is -2.17. The molecule has 0 N–H and O–H groups in total. The number of methoxy groups -OCH3 is 1. The molecule has 0 radical (unpaired) electrons. The summed E-state index contributed by atoms with van der Waals surface area (Å²) in [5.74, 6) is 1.60. The number of hydrogen-bond acceptors (Lipinski definition) is 4. The number of nitrogens with zero attached hydrogens (tertiary/aromatic N) is 3. The molecule has 30 heavy (non-hydrogen) atoms. The van der Waals surface area contributed by atoms with Crippen molar-refractivity contribution in [3.63, 3.8) is 0 Å². The van der Waals surface area contributed by atoms with Crippen molar-refractivity contribution in [3.8, 4) is 23.1 Å². The highest BCUT2D eigenvalue weighted by atomic mass is 32.2. The van der Waals surface area contributed by atoms with Gasteiger partial charge in [0.25, 0.3) is 0 Å². The van der Waals surface area contributed by atoms with Crippen molar-refractivity contribution in [2.24, 2.45) is 5.92 Å². The zero-order valence-electron chi connectivity index (χ0n) is 16.8. The van der Waals surface area contributed by atoms with Crippen LogP contribution in [0.4, 0.5) is 5.69 Å². The molecule has 154 valence electrons. The van der Waals surface area contributed by atoms with E-state index < -0.39 is 10.0 Å². The molecule has 2 aliphatic rings. The molecule has 1 saturated heterocycles. The van der Waals surface area contributed by atoms with E-state index in [0.29, 0.717) is 30.1 Å². The Balaban J connectivity index is 1.65. The molecule has 7 heteroatoms. The first kappa shape index (κ1) is 19.0. The molecular weight excluding hydrogens is 398 g/mol. The summed E-state index contributed by atoms with van der Waals surface area (Å²) in [5.41, 5.74) is 4.14. The van der Waals surface area contributed by atoms with Gasteiger partial charge in [-0.25, -0.2) is 8.42 Å². The average molecular weight is 422 g/mol. The van der Waals surface area contributed by atoms with E-state index in [4.69, 9.17) is 4.74 Å². The maximum Gasteiger partial charge on any atom is 0.235 e. The Morgan fingerprint density at radius 3 is 2.53 bits per heavy atom. The van der Waals surface area contributed by atoms with Gasteiger partial charge in [0.05, 0.1) is 35.3 Å². The normalized spacial score (nSPS) is 17.9. The Hall–Kier alpha value is -2.98. The van der Waals surface area contributed by atoms with Crippen LogP contribution >= 0.6 is 0 Å². The summed E-state index contributed by atoms with van der Waals surface area (Å²) >= 11 is 0. The smallest absolute Gasteiger partial charge is 0.235 e. The molecule has 0 amide bonds. The fourth-order valence-electron chi connectivity index (χ4n) is 4.33. The number of fused-ring (bicyclic) bond motifs is 1. The molecule has 0 spiro atoms. The van der Waals surface area contributed by atoms with Gasteiger partial charge < -0.3 is 9.30 Å². The number of benzene rings is 2. The first-order valence-corrected chi connectivity index (χ1v) is 11.8. The number of ether oxygens (including phenoxy) is 1. The Bertz CT molecular complexity index is 1270. The van der Waals surface area contributed by atoms with E-state index in [1.165, 1.54) is 17.1 Å². The summed E-state index contributed by atoms with van der Waals surface area (Å²) in [7, 11) is -1.57. The molecule has 1 saturated carbocycles. The molecule has 0 atom stereocenters. The average Bonchev–Trinajstić information content (AvgIpc) is 3.43. The number of sulfonamides is 1. The van der Waals surface area contributed by atoms with E-state index >= 15 is 0 Å². The second-order valence-corrected chi connectivity index (χ2v) is 10.1. The molecular formula is C23H23N3O3S. The van der Waals surface area contributed by atoms with Gasteiger partial charge in [0.1, 0.15) is 11.8 Å². The molecule has 1 aromatic heterocycles. The van der Waals surface area contributed by atoms with Crippen LogP contribution in [0, 0.1) is 17.2 Å². The maximum absolute atomic E-state index is 12.2. The first-order valence-electron chi connectivity index (χ1n) is 10.2. The predicted molar refractivity (Wildman–Crippen MR) is 117 cm³/mol. The lowest BCUT2D eigenvalue weighted by atomic mass is 10.1. The molecule has 0 bridgehead atoms. The molecule has 5 rings (SSSR count). The van der Waals surface area contributed by atoms with Crippen molar-refractivity contribution in [2.45, 2.75) is 25.8 Å². The largest absolute Gasteiger partial charge is 0.497 e. The van der Waals surface area contributed by atoms with Crippen LogP contribution in [-0.2, 0) is 16.6 Å². The fraction of sp³-hybridized carbons (Fsp3) is 0.348. The number of anilines is 1. The Labute approximate surface area is 176 Å². The zero-order valence-corrected chi connectivity index (χ0v) is 17.7. The number of hydrogen-bond donors (Lipinski definition) is 0.